The molecule has 0 aliphatic carbocycles. The van der Waals surface area contributed by atoms with Crippen LogP contribution in [0, 0.1) is 11.3 Å². The van der Waals surface area contributed by atoms with Gasteiger partial charge in [-0.2, -0.15) is 5.26 Å². The first-order chi connectivity index (χ1) is 9.44. The Morgan fingerprint density at radius 1 is 1.45 bits per heavy atom. The van der Waals surface area contributed by atoms with E-state index in [1.54, 1.807) is 30.1 Å². The standard InChI is InChI=1S/C15H16N2O3/c1-15(2)14-13(17(3)12(18)8-19-14)10-6-9(7-16)4-5-11(10)20-15/h4-6,13-14H,8H2,1-3H3/t13-,14-/m0/s1. The van der Waals surface area contributed by atoms with Gasteiger partial charge in [0.25, 0.3) is 0 Å². The van der Waals surface area contributed by atoms with E-state index in [9.17, 15) is 4.79 Å². The third-order valence-corrected chi connectivity index (χ3v) is 4.00. The summed E-state index contributed by atoms with van der Waals surface area (Å²) in [6, 6.07) is 7.19. The molecule has 20 heavy (non-hydrogen) atoms. The van der Waals surface area contributed by atoms with Crippen LogP contribution in [0.25, 0.3) is 0 Å². The number of rotatable bonds is 0. The van der Waals surface area contributed by atoms with E-state index >= 15 is 0 Å². The second kappa shape index (κ2) is 4.22. The molecule has 0 bridgehead atoms. The number of nitrogens with zero attached hydrogens (tertiary/aromatic N) is 2. The zero-order valence-corrected chi connectivity index (χ0v) is 11.7. The number of morpholine rings is 1. The highest BCUT2D eigenvalue weighted by Gasteiger charge is 2.50. The Labute approximate surface area is 117 Å². The van der Waals surface area contributed by atoms with E-state index in [1.807, 2.05) is 13.8 Å². The Kier molecular flexibility index (Phi) is 2.73. The summed E-state index contributed by atoms with van der Waals surface area (Å²) in [5.74, 6) is 0.651. The average Bonchev–Trinajstić information content (AvgIpc) is 2.41. The number of ether oxygens (including phenoxy) is 2. The van der Waals surface area contributed by atoms with Crippen LogP contribution in [0.5, 0.6) is 5.75 Å². The molecule has 104 valence electrons. The number of carbonyl (C=O) groups excluding carboxylic acids is 1. The van der Waals surface area contributed by atoms with E-state index in [4.69, 9.17) is 14.7 Å². The number of hydrogen-bond donors (Lipinski definition) is 0. The largest absolute Gasteiger partial charge is 0.485 e. The van der Waals surface area contributed by atoms with Gasteiger partial charge in [-0.3, -0.25) is 4.79 Å². The van der Waals surface area contributed by atoms with Crippen molar-refractivity contribution in [3.8, 4) is 11.8 Å². The molecule has 1 aromatic carbocycles. The first-order valence-corrected chi connectivity index (χ1v) is 6.54. The summed E-state index contributed by atoms with van der Waals surface area (Å²) >= 11 is 0. The van der Waals surface area contributed by atoms with E-state index in [0.29, 0.717) is 11.3 Å². The summed E-state index contributed by atoms with van der Waals surface area (Å²) in [5, 5.41) is 9.05. The van der Waals surface area contributed by atoms with Gasteiger partial charge in [0, 0.05) is 12.6 Å². The van der Waals surface area contributed by atoms with Crippen molar-refractivity contribution in [1.29, 1.82) is 5.26 Å². The second-order valence-electron chi connectivity index (χ2n) is 5.75. The van der Waals surface area contributed by atoms with Crippen LogP contribution >= 0.6 is 0 Å². The summed E-state index contributed by atoms with van der Waals surface area (Å²) in [4.78, 5) is 13.6. The lowest BCUT2D eigenvalue weighted by Gasteiger charge is -2.49. The predicted molar refractivity (Wildman–Crippen MR) is 71.1 cm³/mol. The molecule has 1 amide bonds. The van der Waals surface area contributed by atoms with Crippen LogP contribution in [0.2, 0.25) is 0 Å². The molecule has 1 aromatic rings. The van der Waals surface area contributed by atoms with Gasteiger partial charge in [-0.05, 0) is 32.0 Å². The van der Waals surface area contributed by atoms with Crippen LogP contribution in [0.3, 0.4) is 0 Å². The SMILES string of the molecule is CN1C(=O)CO[C@H]2[C@@H]1c1cc(C#N)ccc1OC2(C)C. The fourth-order valence-corrected chi connectivity index (χ4v) is 2.95. The van der Waals surface area contributed by atoms with Gasteiger partial charge in [0.2, 0.25) is 5.91 Å². The summed E-state index contributed by atoms with van der Waals surface area (Å²) in [6.45, 7) is 3.97. The number of fused-ring (bicyclic) bond motifs is 3. The minimum absolute atomic E-state index is 0.0581. The molecule has 0 spiro atoms. The highest BCUT2D eigenvalue weighted by atomic mass is 16.6. The monoisotopic (exact) mass is 272 g/mol. The molecule has 0 radical (unpaired) electrons. The molecule has 2 heterocycles. The fraction of sp³-hybridized carbons (Fsp3) is 0.467. The minimum Gasteiger partial charge on any atom is -0.485 e. The number of amides is 1. The van der Waals surface area contributed by atoms with Crippen LogP contribution in [0.4, 0.5) is 0 Å². The molecule has 1 fully saturated rings. The Bertz CT molecular complexity index is 618. The molecule has 2 aliphatic rings. The van der Waals surface area contributed by atoms with Crippen LogP contribution in [-0.2, 0) is 9.53 Å². The first-order valence-electron chi connectivity index (χ1n) is 6.54. The summed E-state index contributed by atoms with van der Waals surface area (Å²) in [7, 11) is 1.77. The fourth-order valence-electron chi connectivity index (χ4n) is 2.95. The number of likely N-dealkylation sites (N-methyl/N-ethyl adjacent to an activating group) is 1. The highest BCUT2D eigenvalue weighted by molar-refractivity contribution is 5.79. The zero-order valence-electron chi connectivity index (χ0n) is 11.7. The Balaban J connectivity index is 2.16. The molecular weight excluding hydrogens is 256 g/mol. The number of hydrogen-bond acceptors (Lipinski definition) is 4. The Morgan fingerprint density at radius 3 is 2.90 bits per heavy atom. The molecule has 5 heteroatoms. The van der Waals surface area contributed by atoms with E-state index in [-0.39, 0.29) is 24.7 Å². The average molecular weight is 272 g/mol. The lowest BCUT2D eigenvalue weighted by molar-refractivity contribution is -0.179. The highest BCUT2D eigenvalue weighted by Crippen LogP contribution is 2.45. The Morgan fingerprint density at radius 2 is 2.20 bits per heavy atom. The summed E-state index contributed by atoms with van der Waals surface area (Å²) < 4.78 is 11.7. The van der Waals surface area contributed by atoms with Crippen LogP contribution in [-0.4, -0.2) is 36.2 Å². The van der Waals surface area contributed by atoms with Crippen molar-refractivity contribution in [1.82, 2.24) is 4.90 Å². The third kappa shape index (κ3) is 1.76. The molecule has 5 nitrogen and oxygen atoms in total. The van der Waals surface area contributed by atoms with Gasteiger partial charge >= 0.3 is 0 Å². The third-order valence-electron chi connectivity index (χ3n) is 4.00. The van der Waals surface area contributed by atoms with E-state index in [1.165, 1.54) is 0 Å². The van der Waals surface area contributed by atoms with Gasteiger partial charge in [0.1, 0.15) is 24.1 Å². The van der Waals surface area contributed by atoms with Crippen LogP contribution < -0.4 is 4.74 Å². The van der Waals surface area contributed by atoms with Crippen molar-refractivity contribution < 1.29 is 14.3 Å². The van der Waals surface area contributed by atoms with Gasteiger partial charge in [0.15, 0.2) is 0 Å². The zero-order chi connectivity index (χ0) is 14.5. The molecule has 0 N–H and O–H groups in total. The topological polar surface area (TPSA) is 62.6 Å². The van der Waals surface area contributed by atoms with Crippen LogP contribution in [0.15, 0.2) is 18.2 Å². The molecule has 3 rings (SSSR count). The van der Waals surface area contributed by atoms with E-state index in [0.717, 1.165) is 5.56 Å². The van der Waals surface area contributed by atoms with Gasteiger partial charge < -0.3 is 14.4 Å². The second-order valence-corrected chi connectivity index (χ2v) is 5.75. The smallest absolute Gasteiger partial charge is 0.248 e. The maximum absolute atomic E-state index is 11.9. The van der Waals surface area contributed by atoms with Crippen molar-refractivity contribution in [2.75, 3.05) is 13.7 Å². The Hall–Kier alpha value is -2.06. The number of nitriles is 1. The predicted octanol–water partition coefficient (Wildman–Crippen LogP) is 1.63. The maximum atomic E-state index is 11.9. The molecule has 0 unspecified atom stereocenters. The summed E-state index contributed by atoms with van der Waals surface area (Å²) in [5.41, 5.74) is 0.863. The van der Waals surface area contributed by atoms with Crippen molar-refractivity contribution >= 4 is 5.91 Å². The van der Waals surface area contributed by atoms with Gasteiger partial charge in [-0.15, -0.1) is 0 Å². The van der Waals surface area contributed by atoms with Crippen molar-refractivity contribution in [3.63, 3.8) is 0 Å². The molecule has 0 aromatic heterocycles. The molecule has 2 aliphatic heterocycles. The molecular formula is C15H16N2O3. The minimum atomic E-state index is -0.527. The van der Waals surface area contributed by atoms with Crippen molar-refractivity contribution in [2.45, 2.75) is 31.6 Å². The van der Waals surface area contributed by atoms with Crippen molar-refractivity contribution in [3.05, 3.63) is 29.3 Å². The van der Waals surface area contributed by atoms with Gasteiger partial charge in [-0.1, -0.05) is 0 Å². The maximum Gasteiger partial charge on any atom is 0.248 e. The number of carbonyl (C=O) groups is 1. The molecule has 0 saturated carbocycles. The van der Waals surface area contributed by atoms with Crippen molar-refractivity contribution in [2.24, 2.45) is 0 Å². The van der Waals surface area contributed by atoms with Gasteiger partial charge in [-0.25, -0.2) is 0 Å². The first kappa shape index (κ1) is 12.9. The molecule has 1 saturated heterocycles. The lowest BCUT2D eigenvalue weighted by Crippen LogP contribution is -2.59. The van der Waals surface area contributed by atoms with Crippen LogP contribution in [0.1, 0.15) is 31.0 Å². The molecule has 2 atom stereocenters. The van der Waals surface area contributed by atoms with E-state index in [2.05, 4.69) is 6.07 Å². The lowest BCUT2D eigenvalue weighted by atomic mass is 9.84. The quantitative estimate of drug-likeness (QED) is 0.720. The normalized spacial score (nSPS) is 27.1. The number of benzene rings is 1. The van der Waals surface area contributed by atoms with Gasteiger partial charge in [0.05, 0.1) is 17.7 Å². The summed E-state index contributed by atoms with van der Waals surface area (Å²) in [6.07, 6.45) is -0.244. The van der Waals surface area contributed by atoms with E-state index < -0.39 is 5.60 Å².